The van der Waals surface area contributed by atoms with Crippen LogP contribution in [0.15, 0.2) is 18.5 Å². The van der Waals surface area contributed by atoms with Crippen LogP contribution in [0.3, 0.4) is 0 Å². The molecule has 14 heavy (non-hydrogen) atoms. The predicted octanol–water partition coefficient (Wildman–Crippen LogP) is 2.89. The first kappa shape index (κ1) is 11.2. The number of carbonyl (C=O) groups excluding carboxylic acids is 1. The summed E-state index contributed by atoms with van der Waals surface area (Å²) in [6, 6.07) is 1.86. The van der Waals surface area contributed by atoms with Crippen molar-refractivity contribution in [3.63, 3.8) is 0 Å². The van der Waals surface area contributed by atoms with Gasteiger partial charge in [-0.15, -0.1) is 0 Å². The van der Waals surface area contributed by atoms with E-state index in [2.05, 4.69) is 4.98 Å². The van der Waals surface area contributed by atoms with Gasteiger partial charge >= 0.3 is 0 Å². The maximum atomic E-state index is 11.4. The van der Waals surface area contributed by atoms with Gasteiger partial charge in [0.05, 0.1) is 5.02 Å². The predicted molar refractivity (Wildman–Crippen MR) is 57.4 cm³/mol. The molecule has 3 heteroatoms. The number of rotatable bonds is 4. The smallest absolute Gasteiger partial charge is 0.135 e. The molecule has 0 saturated heterocycles. The van der Waals surface area contributed by atoms with E-state index in [1.165, 1.54) is 0 Å². The number of pyridine rings is 1. The highest BCUT2D eigenvalue weighted by molar-refractivity contribution is 6.31. The van der Waals surface area contributed by atoms with Crippen molar-refractivity contribution in [2.75, 3.05) is 0 Å². The molecule has 0 saturated carbocycles. The molecule has 0 spiro atoms. The monoisotopic (exact) mass is 211 g/mol. The van der Waals surface area contributed by atoms with Crippen LogP contribution in [-0.4, -0.2) is 10.8 Å². The van der Waals surface area contributed by atoms with Crippen LogP contribution in [0.25, 0.3) is 0 Å². The molecule has 1 unspecified atom stereocenters. The van der Waals surface area contributed by atoms with Gasteiger partial charge in [-0.05, 0) is 18.1 Å². The van der Waals surface area contributed by atoms with Crippen LogP contribution in [0.5, 0.6) is 0 Å². The second kappa shape index (κ2) is 5.11. The topological polar surface area (TPSA) is 30.0 Å². The lowest BCUT2D eigenvalue weighted by Crippen LogP contribution is -2.12. The van der Waals surface area contributed by atoms with Crippen LogP contribution in [0.2, 0.25) is 5.02 Å². The van der Waals surface area contributed by atoms with Gasteiger partial charge in [0, 0.05) is 24.7 Å². The summed E-state index contributed by atoms with van der Waals surface area (Å²) in [5.74, 6) is 0.317. The van der Waals surface area contributed by atoms with Crippen molar-refractivity contribution in [3.8, 4) is 0 Å². The minimum absolute atomic E-state index is 0.0416. The van der Waals surface area contributed by atoms with E-state index in [1.54, 1.807) is 12.4 Å². The third-order valence-corrected chi connectivity index (χ3v) is 2.62. The second-order valence-electron chi connectivity index (χ2n) is 3.39. The molecule has 0 aromatic carbocycles. The fraction of sp³-hybridized carbons (Fsp3) is 0.455. The fourth-order valence-electron chi connectivity index (χ4n) is 1.36. The Balaban J connectivity index is 2.69. The van der Waals surface area contributed by atoms with Crippen molar-refractivity contribution in [2.45, 2.75) is 26.7 Å². The summed E-state index contributed by atoms with van der Waals surface area (Å²) < 4.78 is 0. The highest BCUT2D eigenvalue weighted by atomic mass is 35.5. The van der Waals surface area contributed by atoms with Crippen molar-refractivity contribution >= 4 is 17.4 Å². The van der Waals surface area contributed by atoms with Crippen molar-refractivity contribution in [2.24, 2.45) is 5.92 Å². The van der Waals surface area contributed by atoms with Gasteiger partial charge in [0.15, 0.2) is 0 Å². The Labute approximate surface area is 89.3 Å². The molecule has 0 aliphatic heterocycles. The van der Waals surface area contributed by atoms with Gasteiger partial charge in [-0.25, -0.2) is 0 Å². The van der Waals surface area contributed by atoms with Crippen LogP contribution < -0.4 is 0 Å². The van der Waals surface area contributed by atoms with Gasteiger partial charge in [0.1, 0.15) is 5.78 Å². The first-order valence-electron chi connectivity index (χ1n) is 4.76. The zero-order valence-electron chi connectivity index (χ0n) is 8.46. The van der Waals surface area contributed by atoms with E-state index in [0.29, 0.717) is 17.9 Å². The van der Waals surface area contributed by atoms with E-state index >= 15 is 0 Å². The molecule has 0 amide bonds. The summed E-state index contributed by atoms with van der Waals surface area (Å²) >= 11 is 5.94. The van der Waals surface area contributed by atoms with E-state index in [4.69, 9.17) is 11.6 Å². The molecule has 1 aromatic heterocycles. The highest BCUT2D eigenvalue weighted by Gasteiger charge is 2.12. The summed E-state index contributed by atoms with van der Waals surface area (Å²) in [6.45, 7) is 3.82. The van der Waals surface area contributed by atoms with Gasteiger partial charge in [-0.1, -0.05) is 25.4 Å². The SMILES string of the molecule is CCC(=O)C(C)Cc1ccncc1Cl. The van der Waals surface area contributed by atoms with E-state index in [-0.39, 0.29) is 11.7 Å². The minimum atomic E-state index is 0.0416. The summed E-state index contributed by atoms with van der Waals surface area (Å²) in [7, 11) is 0. The van der Waals surface area contributed by atoms with E-state index in [9.17, 15) is 4.79 Å². The van der Waals surface area contributed by atoms with Crippen LogP contribution in [0.1, 0.15) is 25.8 Å². The Kier molecular flexibility index (Phi) is 4.08. The molecule has 0 radical (unpaired) electrons. The lowest BCUT2D eigenvalue weighted by Gasteiger charge is -2.09. The lowest BCUT2D eigenvalue weighted by molar-refractivity contribution is -0.122. The molecular formula is C11H14ClNO. The maximum absolute atomic E-state index is 11.4. The van der Waals surface area contributed by atoms with Crippen LogP contribution >= 0.6 is 11.6 Å². The quantitative estimate of drug-likeness (QED) is 0.767. The minimum Gasteiger partial charge on any atom is -0.299 e. The Morgan fingerprint density at radius 1 is 1.64 bits per heavy atom. The first-order valence-corrected chi connectivity index (χ1v) is 5.14. The number of aromatic nitrogens is 1. The number of carbonyl (C=O) groups is 1. The number of halogens is 1. The van der Waals surface area contributed by atoms with E-state index < -0.39 is 0 Å². The third-order valence-electron chi connectivity index (χ3n) is 2.28. The Morgan fingerprint density at radius 3 is 2.93 bits per heavy atom. The summed E-state index contributed by atoms with van der Waals surface area (Å²) in [5.41, 5.74) is 0.996. The fourth-order valence-corrected chi connectivity index (χ4v) is 1.56. The molecule has 0 aliphatic rings. The van der Waals surface area contributed by atoms with Crippen LogP contribution in [0, 0.1) is 5.92 Å². The Morgan fingerprint density at radius 2 is 2.36 bits per heavy atom. The number of hydrogen-bond acceptors (Lipinski definition) is 2. The summed E-state index contributed by atoms with van der Waals surface area (Å²) in [4.78, 5) is 15.3. The standard InChI is InChI=1S/C11H14ClNO/c1-3-11(14)8(2)6-9-4-5-13-7-10(9)12/h4-5,7-8H,3,6H2,1-2H3. The highest BCUT2D eigenvalue weighted by Crippen LogP contribution is 2.18. The molecular weight excluding hydrogens is 198 g/mol. The van der Waals surface area contributed by atoms with Gasteiger partial charge in [-0.2, -0.15) is 0 Å². The van der Waals surface area contributed by atoms with E-state index in [0.717, 1.165) is 5.56 Å². The van der Waals surface area contributed by atoms with Crippen molar-refractivity contribution in [1.82, 2.24) is 4.98 Å². The first-order chi connectivity index (χ1) is 6.65. The van der Waals surface area contributed by atoms with Crippen molar-refractivity contribution in [3.05, 3.63) is 29.0 Å². The lowest BCUT2D eigenvalue weighted by atomic mass is 9.96. The number of ketones is 1. The Hall–Kier alpha value is -0.890. The number of hydrogen-bond donors (Lipinski definition) is 0. The number of nitrogens with zero attached hydrogens (tertiary/aromatic N) is 1. The Bertz CT molecular complexity index is 325. The van der Waals surface area contributed by atoms with Crippen LogP contribution in [-0.2, 0) is 11.2 Å². The molecule has 0 fully saturated rings. The second-order valence-corrected chi connectivity index (χ2v) is 3.80. The average Bonchev–Trinajstić information content (AvgIpc) is 2.20. The molecule has 0 aliphatic carbocycles. The molecule has 2 nitrogen and oxygen atoms in total. The summed E-state index contributed by atoms with van der Waals surface area (Å²) in [5, 5.41) is 0.642. The zero-order valence-corrected chi connectivity index (χ0v) is 9.21. The van der Waals surface area contributed by atoms with Gasteiger partial charge in [0.25, 0.3) is 0 Å². The van der Waals surface area contributed by atoms with Crippen molar-refractivity contribution in [1.29, 1.82) is 0 Å². The van der Waals surface area contributed by atoms with Gasteiger partial charge in [0.2, 0.25) is 0 Å². The summed E-state index contributed by atoms with van der Waals surface area (Å²) in [6.07, 6.45) is 4.60. The van der Waals surface area contributed by atoms with Gasteiger partial charge < -0.3 is 0 Å². The normalized spacial score (nSPS) is 12.5. The molecule has 1 rings (SSSR count). The van der Waals surface area contributed by atoms with Gasteiger partial charge in [-0.3, -0.25) is 9.78 Å². The maximum Gasteiger partial charge on any atom is 0.135 e. The number of Topliss-reactive ketones (excluding diaryl/α,β-unsaturated/α-hetero) is 1. The molecule has 0 N–H and O–H groups in total. The molecule has 1 atom stereocenters. The zero-order chi connectivity index (χ0) is 10.6. The largest absolute Gasteiger partial charge is 0.299 e. The van der Waals surface area contributed by atoms with Crippen LogP contribution in [0.4, 0.5) is 0 Å². The third kappa shape index (κ3) is 2.81. The molecule has 0 bridgehead atoms. The molecule has 1 heterocycles. The molecule has 76 valence electrons. The van der Waals surface area contributed by atoms with Crippen molar-refractivity contribution < 1.29 is 4.79 Å². The van der Waals surface area contributed by atoms with E-state index in [1.807, 2.05) is 19.9 Å². The average molecular weight is 212 g/mol. The molecule has 1 aromatic rings.